The van der Waals surface area contributed by atoms with Gasteiger partial charge in [-0.25, -0.2) is 0 Å². The number of hydrogen-bond donors (Lipinski definition) is 0. The molecule has 0 N–H and O–H groups in total. The fourth-order valence-electron chi connectivity index (χ4n) is 1.26. The summed E-state index contributed by atoms with van der Waals surface area (Å²) in [5.41, 5.74) is 0. The van der Waals surface area contributed by atoms with E-state index in [1.807, 2.05) is 21.1 Å². The van der Waals surface area contributed by atoms with Gasteiger partial charge in [0, 0.05) is 0 Å². The van der Waals surface area contributed by atoms with Crippen LogP contribution in [-0.4, -0.2) is 57.2 Å². The summed E-state index contributed by atoms with van der Waals surface area (Å²) in [6.07, 6.45) is -0.296. The molecule has 6 nitrogen and oxygen atoms in total. The van der Waals surface area contributed by atoms with Crippen LogP contribution in [0.25, 0.3) is 0 Å². The van der Waals surface area contributed by atoms with Crippen LogP contribution in [-0.2, 0) is 23.8 Å². The molecule has 0 spiro atoms. The molecule has 0 aliphatic carbocycles. The Morgan fingerprint density at radius 2 is 1.68 bits per heavy atom. The summed E-state index contributed by atoms with van der Waals surface area (Å²) in [6, 6.07) is 0. The van der Waals surface area contributed by atoms with Gasteiger partial charge < -0.3 is 14.0 Å². The zero-order valence-corrected chi connectivity index (χ0v) is 12.8. The highest BCUT2D eigenvalue weighted by atomic mass is 16.7. The third kappa shape index (κ3) is 7.79. The number of carbonyl (C=O) groups is 2. The van der Waals surface area contributed by atoms with Gasteiger partial charge in [0.2, 0.25) is 6.23 Å². The van der Waals surface area contributed by atoms with E-state index in [9.17, 15) is 9.59 Å². The normalized spacial score (nSPS) is 13.2. The lowest BCUT2D eigenvalue weighted by Gasteiger charge is -2.32. The molecule has 0 aromatic rings. The summed E-state index contributed by atoms with van der Waals surface area (Å²) < 4.78 is 15.7. The van der Waals surface area contributed by atoms with Crippen LogP contribution >= 0.6 is 0 Å². The van der Waals surface area contributed by atoms with Gasteiger partial charge in [-0.15, -0.1) is 0 Å². The van der Waals surface area contributed by atoms with E-state index in [-0.39, 0.29) is 31.1 Å². The SMILES string of the molecule is CCOC(=O)CC(OCOC(=O)C(C)C)[N+](C)(C)C. The number of carbonyl (C=O) groups excluding carboxylic acids is 2. The molecule has 0 rings (SSSR count). The second-order valence-electron chi connectivity index (χ2n) is 5.48. The Bertz CT molecular complexity index is 296. The zero-order chi connectivity index (χ0) is 15.1. The molecule has 0 saturated heterocycles. The lowest BCUT2D eigenvalue weighted by Crippen LogP contribution is -2.48. The second-order valence-corrected chi connectivity index (χ2v) is 5.48. The Morgan fingerprint density at radius 1 is 1.11 bits per heavy atom. The van der Waals surface area contributed by atoms with Crippen LogP contribution in [0.2, 0.25) is 0 Å². The van der Waals surface area contributed by atoms with Crippen LogP contribution in [0.5, 0.6) is 0 Å². The van der Waals surface area contributed by atoms with E-state index in [0.29, 0.717) is 11.1 Å². The van der Waals surface area contributed by atoms with Crippen molar-refractivity contribution in [3.05, 3.63) is 0 Å². The van der Waals surface area contributed by atoms with Gasteiger partial charge in [0.05, 0.1) is 33.7 Å². The van der Waals surface area contributed by atoms with Crippen molar-refractivity contribution in [1.82, 2.24) is 0 Å². The molecule has 0 aromatic heterocycles. The predicted octanol–water partition coefficient (Wildman–Crippen LogP) is 1.15. The van der Waals surface area contributed by atoms with Crippen LogP contribution in [0.15, 0.2) is 0 Å². The quantitative estimate of drug-likeness (QED) is 0.378. The lowest BCUT2D eigenvalue weighted by molar-refractivity contribution is -0.919. The van der Waals surface area contributed by atoms with Crippen molar-refractivity contribution >= 4 is 11.9 Å². The molecule has 0 heterocycles. The smallest absolute Gasteiger partial charge is 0.314 e. The Hall–Kier alpha value is -1.14. The fraction of sp³-hybridized carbons (Fsp3) is 0.846. The third-order valence-electron chi connectivity index (χ3n) is 2.44. The Balaban J connectivity index is 4.30. The first kappa shape index (κ1) is 17.9. The van der Waals surface area contributed by atoms with Crippen LogP contribution in [0.4, 0.5) is 0 Å². The molecule has 1 atom stereocenters. The molecule has 6 heteroatoms. The number of nitrogens with zero attached hydrogens (tertiary/aromatic N) is 1. The lowest BCUT2D eigenvalue weighted by atomic mass is 10.2. The van der Waals surface area contributed by atoms with Gasteiger partial charge in [-0.2, -0.15) is 0 Å². The molecule has 0 amide bonds. The molecule has 0 aromatic carbocycles. The predicted molar refractivity (Wildman–Crippen MR) is 70.0 cm³/mol. The number of quaternary nitrogens is 1. The van der Waals surface area contributed by atoms with Crippen molar-refractivity contribution in [3.63, 3.8) is 0 Å². The summed E-state index contributed by atoms with van der Waals surface area (Å²) in [5.74, 6) is -0.844. The summed E-state index contributed by atoms with van der Waals surface area (Å²) >= 11 is 0. The van der Waals surface area contributed by atoms with Crippen LogP contribution in [0, 0.1) is 5.92 Å². The van der Waals surface area contributed by atoms with Crippen molar-refractivity contribution < 1.29 is 28.3 Å². The summed E-state index contributed by atoms with van der Waals surface area (Å²) in [4.78, 5) is 22.8. The summed E-state index contributed by atoms with van der Waals surface area (Å²) in [6.45, 7) is 5.43. The van der Waals surface area contributed by atoms with Crippen molar-refractivity contribution in [2.75, 3.05) is 34.5 Å². The van der Waals surface area contributed by atoms with Crippen LogP contribution in [0.1, 0.15) is 27.2 Å². The summed E-state index contributed by atoms with van der Waals surface area (Å²) in [7, 11) is 5.69. The first-order valence-electron chi connectivity index (χ1n) is 6.43. The number of ether oxygens (including phenoxy) is 3. The average Bonchev–Trinajstić information content (AvgIpc) is 2.26. The van der Waals surface area contributed by atoms with E-state index in [0.717, 1.165) is 0 Å². The van der Waals surface area contributed by atoms with Crippen LogP contribution in [0.3, 0.4) is 0 Å². The minimum absolute atomic E-state index is 0.122. The highest BCUT2D eigenvalue weighted by molar-refractivity contribution is 5.71. The van der Waals surface area contributed by atoms with Gasteiger partial charge in [-0.05, 0) is 6.92 Å². The monoisotopic (exact) mass is 276 g/mol. The van der Waals surface area contributed by atoms with Crippen molar-refractivity contribution in [1.29, 1.82) is 0 Å². The maximum absolute atomic E-state index is 11.5. The highest BCUT2D eigenvalue weighted by Crippen LogP contribution is 2.11. The van der Waals surface area contributed by atoms with Crippen molar-refractivity contribution in [2.45, 2.75) is 33.4 Å². The van der Waals surface area contributed by atoms with Crippen molar-refractivity contribution in [3.8, 4) is 0 Å². The number of esters is 2. The van der Waals surface area contributed by atoms with Gasteiger partial charge in [0.15, 0.2) is 6.79 Å². The van der Waals surface area contributed by atoms with Gasteiger partial charge in [0.25, 0.3) is 0 Å². The molecule has 0 bridgehead atoms. The molecule has 1 unspecified atom stereocenters. The van der Waals surface area contributed by atoms with Gasteiger partial charge >= 0.3 is 11.9 Å². The van der Waals surface area contributed by atoms with E-state index in [2.05, 4.69) is 0 Å². The van der Waals surface area contributed by atoms with Crippen molar-refractivity contribution in [2.24, 2.45) is 5.92 Å². The third-order valence-corrected chi connectivity index (χ3v) is 2.44. The maximum atomic E-state index is 11.5. The summed E-state index contributed by atoms with van der Waals surface area (Å²) in [5, 5.41) is 0. The van der Waals surface area contributed by atoms with Gasteiger partial charge in [-0.3, -0.25) is 14.3 Å². The zero-order valence-electron chi connectivity index (χ0n) is 12.8. The van der Waals surface area contributed by atoms with E-state index >= 15 is 0 Å². The minimum Gasteiger partial charge on any atom is -0.466 e. The van der Waals surface area contributed by atoms with E-state index in [1.54, 1.807) is 20.8 Å². The maximum Gasteiger partial charge on any atom is 0.314 e. The first-order valence-corrected chi connectivity index (χ1v) is 6.43. The average molecular weight is 276 g/mol. The molecule has 19 heavy (non-hydrogen) atoms. The van der Waals surface area contributed by atoms with E-state index < -0.39 is 6.23 Å². The van der Waals surface area contributed by atoms with Gasteiger partial charge in [-0.1, -0.05) is 13.8 Å². The van der Waals surface area contributed by atoms with E-state index in [4.69, 9.17) is 14.2 Å². The number of rotatable bonds is 8. The molecular weight excluding hydrogens is 250 g/mol. The largest absolute Gasteiger partial charge is 0.466 e. The minimum atomic E-state index is -0.418. The topological polar surface area (TPSA) is 61.8 Å². The molecule has 0 radical (unpaired) electrons. The highest BCUT2D eigenvalue weighted by Gasteiger charge is 2.28. The molecule has 0 aliphatic heterocycles. The fourth-order valence-corrected chi connectivity index (χ4v) is 1.26. The molecule has 0 saturated carbocycles. The van der Waals surface area contributed by atoms with Gasteiger partial charge in [0.1, 0.15) is 6.42 Å². The standard InChI is InChI=1S/C13H26NO5/c1-7-17-12(15)8-11(14(4,5)6)18-9-19-13(16)10(2)3/h10-11H,7-9H2,1-6H3/q+1. The Morgan fingerprint density at radius 3 is 2.11 bits per heavy atom. The first-order chi connectivity index (χ1) is 8.68. The molecule has 112 valence electrons. The Kier molecular flexibility index (Phi) is 7.63. The Labute approximate surface area is 115 Å². The second kappa shape index (κ2) is 8.12. The van der Waals surface area contributed by atoms with E-state index in [1.165, 1.54) is 0 Å². The van der Waals surface area contributed by atoms with Crippen LogP contribution < -0.4 is 0 Å². The molecule has 0 fully saturated rings. The molecule has 0 aliphatic rings. The molecular formula is C13H26NO5+. The number of hydrogen-bond acceptors (Lipinski definition) is 5.